The summed E-state index contributed by atoms with van der Waals surface area (Å²) in [5.74, 6) is -2.38. The number of halogens is 6. The minimum Gasteiger partial charge on any atom is -0.398 e. The fraction of sp³-hybridized carbons (Fsp3) is 0.300. The molecule has 0 aliphatic rings. The monoisotopic (exact) mass is 1040 g/mol. The van der Waals surface area contributed by atoms with Gasteiger partial charge in [0.1, 0.15) is 33.2 Å². The molecule has 0 spiro atoms. The van der Waals surface area contributed by atoms with Crippen molar-refractivity contribution in [3.8, 4) is 0 Å². The molecule has 0 radical (unpaired) electrons. The van der Waals surface area contributed by atoms with Gasteiger partial charge >= 0.3 is 0 Å². The Balaban J connectivity index is 0.000000308. The summed E-state index contributed by atoms with van der Waals surface area (Å²) in [4.78, 5) is 26.9. The number of nitrogens with one attached hydrogen (secondary N) is 1. The van der Waals surface area contributed by atoms with E-state index in [-0.39, 0.29) is 48.2 Å². The molecule has 0 saturated carbocycles. The number of benzene rings is 4. The molecule has 26 heteroatoms. The number of nitro benzene ring substituents is 2. The molecule has 0 bridgehead atoms. The van der Waals surface area contributed by atoms with Crippen LogP contribution in [0, 0.1) is 43.5 Å². The summed E-state index contributed by atoms with van der Waals surface area (Å²) >= 11 is 12.9. The average molecular weight is 1040 g/mol. The zero-order valence-corrected chi connectivity index (χ0v) is 40.9. The predicted molar refractivity (Wildman–Crippen MR) is 247 cm³/mol. The fourth-order valence-corrected chi connectivity index (χ4v) is 9.60. The highest BCUT2D eigenvalue weighted by atomic mass is 35.5. The Bertz CT molecular complexity index is 2900. The van der Waals surface area contributed by atoms with Crippen molar-refractivity contribution in [2.24, 2.45) is 0 Å². The largest absolute Gasteiger partial charge is 0.398 e. The highest BCUT2D eigenvalue weighted by Gasteiger charge is 2.29. The van der Waals surface area contributed by atoms with Crippen molar-refractivity contribution in [3.05, 3.63) is 133 Å². The van der Waals surface area contributed by atoms with Crippen LogP contribution in [-0.4, -0.2) is 66.1 Å². The summed E-state index contributed by atoms with van der Waals surface area (Å²) in [6, 6.07) is 12.6. The molecule has 4 aromatic carbocycles. The van der Waals surface area contributed by atoms with E-state index in [1.165, 1.54) is 83.8 Å². The van der Waals surface area contributed by atoms with Crippen LogP contribution in [0.5, 0.6) is 0 Å². The summed E-state index contributed by atoms with van der Waals surface area (Å²) in [5.41, 5.74) is 5.07. The Kier molecular flexibility index (Phi) is 20.8. The third kappa shape index (κ3) is 15.7. The number of hydrogen-bond acceptors (Lipinski definition) is 15. The Labute approximate surface area is 393 Å². The number of sulfone groups is 3. The number of thioether (sulfide) groups is 1. The molecule has 0 unspecified atom stereocenters. The Hall–Kier alpha value is -5.14. The number of nitrogen functional groups attached to an aromatic ring is 1. The van der Waals surface area contributed by atoms with Gasteiger partial charge in [0.15, 0.2) is 35.3 Å². The highest BCUT2D eigenvalue weighted by Crippen LogP contribution is 2.33. The second kappa shape index (κ2) is 24.1. The number of rotatable bonds is 12. The van der Waals surface area contributed by atoms with Crippen molar-refractivity contribution in [1.82, 2.24) is 9.97 Å². The van der Waals surface area contributed by atoms with E-state index >= 15 is 0 Å². The smallest absolute Gasteiger partial charge is 0.288 e. The first-order chi connectivity index (χ1) is 30.3. The van der Waals surface area contributed by atoms with E-state index < -0.39 is 89.0 Å². The molecule has 0 fully saturated rings. The standard InChI is InChI=1S/C13H12Cl2FN3O2S.C9H10FNO4S.C9H12FNO2S.C9H10FNO2S/c1-7(2)22(20,21)11-5-8(16)3-4-10(11)18-12-9(14)6-17-13(15)19-12;1-6(2)16(14,15)9-5-7(10)3-4-8(9)11(12)13;1-6(2)14(12,13)9-5-7(10)3-4-8(9)11;1-6(2)14-9-5-7(10)3-4-8(9)11(12)13/h3-7H,1-2H3,(H,17,18,19);3-6H,1-2H3;3-6H,11H2,1-2H3;3-6H,1-2H3. The van der Waals surface area contributed by atoms with Crippen LogP contribution in [0.25, 0.3) is 0 Å². The molecule has 0 amide bonds. The van der Waals surface area contributed by atoms with E-state index in [1.807, 2.05) is 13.8 Å². The molecule has 66 heavy (non-hydrogen) atoms. The summed E-state index contributed by atoms with van der Waals surface area (Å²) in [5, 5.41) is 22.1. The number of nitrogens with two attached hydrogens (primary N) is 1. The number of hydrogen-bond donors (Lipinski definition) is 2. The van der Waals surface area contributed by atoms with Gasteiger partial charge in [0, 0.05) is 17.4 Å². The van der Waals surface area contributed by atoms with Gasteiger partial charge in [0.05, 0.1) is 57.9 Å². The third-order valence-electron chi connectivity index (χ3n) is 8.27. The maximum atomic E-state index is 13.5. The number of nitrogens with zero attached hydrogens (tertiary/aromatic N) is 4. The lowest BCUT2D eigenvalue weighted by Crippen LogP contribution is -2.16. The molecule has 5 rings (SSSR count). The van der Waals surface area contributed by atoms with Crippen molar-refractivity contribution >= 4 is 93.0 Å². The van der Waals surface area contributed by atoms with E-state index in [0.717, 1.165) is 42.5 Å². The van der Waals surface area contributed by atoms with Crippen LogP contribution in [0.15, 0.2) is 98.6 Å². The van der Waals surface area contributed by atoms with E-state index in [4.69, 9.17) is 28.9 Å². The molecular weight excluding hydrogens is 1000 g/mol. The first-order valence-corrected chi connectivity index (χ1v) is 25.2. The molecule has 1 heterocycles. The van der Waals surface area contributed by atoms with Crippen LogP contribution in [0.4, 0.5) is 46.1 Å². The van der Waals surface area contributed by atoms with Crippen LogP contribution < -0.4 is 11.1 Å². The van der Waals surface area contributed by atoms with E-state index in [0.29, 0.717) is 11.0 Å². The maximum absolute atomic E-state index is 13.5. The lowest BCUT2D eigenvalue weighted by Gasteiger charge is -2.15. The van der Waals surface area contributed by atoms with Gasteiger partial charge in [-0.1, -0.05) is 25.4 Å². The highest BCUT2D eigenvalue weighted by molar-refractivity contribution is 8.00. The summed E-state index contributed by atoms with van der Waals surface area (Å²) < 4.78 is 124. The Morgan fingerprint density at radius 2 is 1.03 bits per heavy atom. The van der Waals surface area contributed by atoms with Crippen LogP contribution in [0.1, 0.15) is 55.4 Å². The van der Waals surface area contributed by atoms with Gasteiger partial charge in [-0.25, -0.2) is 47.8 Å². The first kappa shape index (κ1) is 57.0. The van der Waals surface area contributed by atoms with Crippen LogP contribution in [0.2, 0.25) is 10.3 Å². The molecular formula is C40H44Cl2F4N6O10S4. The molecule has 0 saturated heterocycles. The third-order valence-corrected chi connectivity index (χ3v) is 16.4. The van der Waals surface area contributed by atoms with Crippen LogP contribution in [-0.2, 0) is 29.5 Å². The van der Waals surface area contributed by atoms with Crippen molar-refractivity contribution in [3.63, 3.8) is 0 Å². The SMILES string of the molecule is CC(C)S(=O)(=O)c1cc(F)ccc1N.CC(C)S(=O)(=O)c1cc(F)ccc1Nc1nc(Cl)ncc1Cl.CC(C)S(=O)(=O)c1cc(F)ccc1[N+](=O)[O-].CC(C)Sc1cc(F)ccc1[N+](=O)[O-]. The quantitative estimate of drug-likeness (QED) is 0.0294. The molecule has 1 aromatic heterocycles. The summed E-state index contributed by atoms with van der Waals surface area (Å²) in [7, 11) is -11.0. The van der Waals surface area contributed by atoms with Crippen molar-refractivity contribution < 1.29 is 52.7 Å². The van der Waals surface area contributed by atoms with E-state index in [1.54, 1.807) is 0 Å². The van der Waals surface area contributed by atoms with Crippen molar-refractivity contribution in [2.45, 2.75) is 96.0 Å². The molecule has 0 aliphatic carbocycles. The molecule has 0 atom stereocenters. The van der Waals surface area contributed by atoms with Gasteiger partial charge < -0.3 is 11.1 Å². The van der Waals surface area contributed by atoms with Gasteiger partial charge in [-0.05, 0) is 114 Å². The molecule has 5 aromatic rings. The summed E-state index contributed by atoms with van der Waals surface area (Å²) in [6.07, 6.45) is 1.28. The Morgan fingerprint density at radius 3 is 1.52 bits per heavy atom. The normalized spacial score (nSPS) is 11.5. The first-order valence-electron chi connectivity index (χ1n) is 18.9. The molecule has 16 nitrogen and oxygen atoms in total. The van der Waals surface area contributed by atoms with Crippen LogP contribution >= 0.6 is 35.0 Å². The average Bonchev–Trinajstić information content (AvgIpc) is 3.20. The second-order valence-electron chi connectivity index (χ2n) is 14.5. The van der Waals surface area contributed by atoms with Gasteiger partial charge in [-0.15, -0.1) is 11.8 Å². The summed E-state index contributed by atoms with van der Waals surface area (Å²) in [6.45, 7) is 12.6. The van der Waals surface area contributed by atoms with Crippen LogP contribution in [0.3, 0.4) is 0 Å². The van der Waals surface area contributed by atoms with Gasteiger partial charge in [0.25, 0.3) is 11.4 Å². The second-order valence-corrected chi connectivity index (χ2v) is 24.3. The van der Waals surface area contributed by atoms with E-state index in [2.05, 4.69) is 15.3 Å². The minimum atomic E-state index is -3.86. The lowest BCUT2D eigenvalue weighted by atomic mass is 10.3. The van der Waals surface area contributed by atoms with Gasteiger partial charge in [0.2, 0.25) is 5.28 Å². The topological polar surface area (TPSA) is 253 Å². The zero-order chi connectivity index (χ0) is 50.6. The number of nitro groups is 2. The lowest BCUT2D eigenvalue weighted by molar-refractivity contribution is -0.388. The molecule has 0 aliphatic heterocycles. The van der Waals surface area contributed by atoms with E-state index in [9.17, 15) is 63.0 Å². The zero-order valence-electron chi connectivity index (χ0n) is 36.2. The maximum Gasteiger partial charge on any atom is 0.288 e. The minimum absolute atomic E-state index is 0.0369. The van der Waals surface area contributed by atoms with Crippen molar-refractivity contribution in [1.29, 1.82) is 0 Å². The fourth-order valence-electron chi connectivity index (χ4n) is 4.77. The van der Waals surface area contributed by atoms with Crippen molar-refractivity contribution in [2.75, 3.05) is 11.1 Å². The van der Waals surface area contributed by atoms with Gasteiger partial charge in [-0.2, -0.15) is 4.98 Å². The molecule has 360 valence electrons. The molecule has 3 N–H and O–H groups in total. The number of aromatic nitrogens is 2. The Morgan fingerprint density at radius 1 is 0.621 bits per heavy atom. The van der Waals surface area contributed by atoms with Gasteiger partial charge in [-0.3, -0.25) is 20.2 Å². The predicted octanol–water partition coefficient (Wildman–Crippen LogP) is 10.6. The number of anilines is 3.